The number of quaternary nitrogens is 1. The van der Waals surface area contributed by atoms with Gasteiger partial charge in [-0.05, 0) is 53.5 Å². The van der Waals surface area contributed by atoms with Crippen LogP contribution in [0.15, 0.2) is 51.2 Å². The van der Waals surface area contributed by atoms with Gasteiger partial charge in [0.1, 0.15) is 17.6 Å². The Balaban J connectivity index is 1.64. The topological polar surface area (TPSA) is 83.3 Å². The summed E-state index contributed by atoms with van der Waals surface area (Å²) < 4.78 is 13.0. The van der Waals surface area contributed by atoms with Crippen LogP contribution in [-0.4, -0.2) is 33.3 Å². The molecule has 1 unspecified atom stereocenters. The Morgan fingerprint density at radius 1 is 1.28 bits per heavy atom. The Morgan fingerprint density at radius 3 is 2.84 bits per heavy atom. The molecule has 6 nitrogen and oxygen atoms in total. The number of benzene rings is 1. The van der Waals surface area contributed by atoms with E-state index in [4.69, 9.17) is 5.84 Å². The molecule has 0 spiro atoms. The first-order valence-corrected chi connectivity index (χ1v) is 8.11. The smallest absolute Gasteiger partial charge is 0.300 e. The number of nitrogens with zero attached hydrogens (tertiary/aromatic N) is 4. The molecule has 1 saturated carbocycles. The van der Waals surface area contributed by atoms with Gasteiger partial charge in [-0.1, -0.05) is 18.1 Å². The van der Waals surface area contributed by atoms with Crippen molar-refractivity contribution in [3.05, 3.63) is 47.5 Å². The lowest BCUT2D eigenvalue weighted by Crippen LogP contribution is -2.50. The highest BCUT2D eigenvalue weighted by Crippen LogP contribution is 2.29. The number of rotatable bonds is 1. The summed E-state index contributed by atoms with van der Waals surface area (Å²) in [6, 6.07) is 6.02. The van der Waals surface area contributed by atoms with Crippen molar-refractivity contribution >= 4 is 17.9 Å². The fraction of sp³-hybridized carbons (Fsp3) is 0.278. The average Bonchev–Trinajstić information content (AvgIpc) is 3.16. The number of aliphatic hydroxyl groups is 1. The normalized spacial score (nSPS) is 26.3. The predicted octanol–water partition coefficient (Wildman–Crippen LogP) is 1.82. The minimum atomic E-state index is -0.939. The van der Waals surface area contributed by atoms with Crippen LogP contribution >= 0.6 is 0 Å². The summed E-state index contributed by atoms with van der Waals surface area (Å²) >= 11 is 0. The third-order valence-corrected chi connectivity index (χ3v) is 4.42. The van der Waals surface area contributed by atoms with Crippen LogP contribution in [0.4, 0.5) is 4.39 Å². The first-order valence-electron chi connectivity index (χ1n) is 8.11. The van der Waals surface area contributed by atoms with E-state index < -0.39 is 10.3 Å². The lowest BCUT2D eigenvalue weighted by atomic mass is 10.0. The van der Waals surface area contributed by atoms with Crippen LogP contribution < -0.4 is 5.84 Å². The van der Waals surface area contributed by atoms with E-state index in [1.807, 2.05) is 0 Å². The van der Waals surface area contributed by atoms with Gasteiger partial charge in [-0.3, -0.25) is 0 Å². The number of hydrogen-bond acceptors (Lipinski definition) is 5. The molecule has 4 rings (SSSR count). The van der Waals surface area contributed by atoms with Crippen LogP contribution in [0.5, 0.6) is 0 Å². The van der Waals surface area contributed by atoms with Gasteiger partial charge in [-0.25, -0.2) is 9.38 Å². The van der Waals surface area contributed by atoms with Gasteiger partial charge >= 0.3 is 0 Å². The van der Waals surface area contributed by atoms with E-state index in [1.165, 1.54) is 18.3 Å². The summed E-state index contributed by atoms with van der Waals surface area (Å²) in [4.78, 5) is 8.57. The van der Waals surface area contributed by atoms with Gasteiger partial charge in [-0.15, -0.1) is 5.84 Å². The number of nitrogens with two attached hydrogens (primary N) is 1. The van der Waals surface area contributed by atoms with E-state index in [0.717, 1.165) is 12.8 Å². The summed E-state index contributed by atoms with van der Waals surface area (Å²) in [7, 11) is 0. The van der Waals surface area contributed by atoms with E-state index in [2.05, 4.69) is 26.9 Å². The van der Waals surface area contributed by atoms with Crippen LogP contribution in [0.3, 0.4) is 0 Å². The molecule has 0 amide bonds. The molecule has 2 aliphatic heterocycles. The first kappa shape index (κ1) is 15.8. The summed E-state index contributed by atoms with van der Waals surface area (Å²) in [5.41, 5.74) is 0.0242. The van der Waals surface area contributed by atoms with Crippen molar-refractivity contribution in [1.82, 2.24) is 0 Å². The summed E-state index contributed by atoms with van der Waals surface area (Å²) in [6.45, 7) is 0. The zero-order valence-corrected chi connectivity index (χ0v) is 13.5. The second kappa shape index (κ2) is 5.70. The van der Waals surface area contributed by atoms with Crippen molar-refractivity contribution in [2.24, 2.45) is 20.9 Å². The quantitative estimate of drug-likeness (QED) is 0.465. The molecule has 0 aromatic heterocycles. The molecular formula is C18H17FN5O+. The number of allylic oxidation sites excluding steroid dienone is 1. The summed E-state index contributed by atoms with van der Waals surface area (Å²) in [6.07, 6.45) is 6.36. The van der Waals surface area contributed by atoms with E-state index in [-0.39, 0.29) is 5.82 Å². The number of halogens is 1. The Morgan fingerprint density at radius 2 is 2.08 bits per heavy atom. The van der Waals surface area contributed by atoms with Crippen molar-refractivity contribution in [1.29, 1.82) is 0 Å². The monoisotopic (exact) mass is 338 g/mol. The molecule has 3 aliphatic rings. The molecule has 1 aromatic rings. The van der Waals surface area contributed by atoms with Gasteiger partial charge in [-0.2, -0.15) is 4.99 Å². The zero-order chi connectivity index (χ0) is 17.5. The highest BCUT2D eigenvalue weighted by molar-refractivity contribution is 6.31. The number of aliphatic imine (C=N–C) groups is 2. The van der Waals surface area contributed by atoms with Crippen molar-refractivity contribution in [3.8, 4) is 11.8 Å². The maximum absolute atomic E-state index is 13.4. The van der Waals surface area contributed by atoms with E-state index in [9.17, 15) is 9.50 Å². The van der Waals surface area contributed by atoms with Gasteiger partial charge in [0.05, 0.1) is 0 Å². The molecule has 126 valence electrons. The van der Waals surface area contributed by atoms with Crippen LogP contribution in [0.25, 0.3) is 0 Å². The highest BCUT2D eigenvalue weighted by atomic mass is 19.1. The molecule has 3 N–H and O–H groups in total. The molecule has 2 heterocycles. The summed E-state index contributed by atoms with van der Waals surface area (Å²) in [5, 5.41) is 14.7. The van der Waals surface area contributed by atoms with E-state index in [0.29, 0.717) is 35.8 Å². The van der Waals surface area contributed by atoms with Gasteiger partial charge < -0.3 is 5.11 Å². The fourth-order valence-corrected chi connectivity index (χ4v) is 3.06. The summed E-state index contributed by atoms with van der Waals surface area (Å²) in [5.74, 6) is 12.4. The molecule has 7 heteroatoms. The Labute approximate surface area is 144 Å². The minimum Gasteiger partial charge on any atom is -0.378 e. The zero-order valence-electron chi connectivity index (χ0n) is 13.5. The standard InChI is InChI=1S/C18H17FN5O/c19-14-5-3-4-13(10-14)17-22-16-11-21-15(12-24(16,20)23-17)6-9-18(25)7-1-2-8-18/h3-5,10-12,25H,1-2,7-8,20H2/q+1. The van der Waals surface area contributed by atoms with Crippen molar-refractivity contribution in [2.75, 3.05) is 0 Å². The highest BCUT2D eigenvalue weighted by Gasteiger charge is 2.39. The van der Waals surface area contributed by atoms with Crippen LogP contribution in [0.2, 0.25) is 0 Å². The minimum absolute atomic E-state index is 0.336. The molecule has 1 atom stereocenters. The average molecular weight is 338 g/mol. The predicted molar refractivity (Wildman–Crippen MR) is 92.6 cm³/mol. The molecule has 25 heavy (non-hydrogen) atoms. The lowest BCUT2D eigenvalue weighted by Gasteiger charge is -2.18. The van der Waals surface area contributed by atoms with Crippen LogP contribution in [0, 0.1) is 17.7 Å². The van der Waals surface area contributed by atoms with Crippen LogP contribution in [0.1, 0.15) is 31.2 Å². The van der Waals surface area contributed by atoms with Gasteiger partial charge in [0.25, 0.3) is 5.84 Å². The van der Waals surface area contributed by atoms with Crippen LogP contribution in [-0.2, 0) is 0 Å². The molecule has 0 radical (unpaired) electrons. The SMILES string of the molecule is N[N+]12C=C(C#CC3(O)CCCC3)N=CC1=NC(c1cccc(F)c1)=N2. The fourth-order valence-electron chi connectivity index (χ4n) is 3.06. The van der Waals surface area contributed by atoms with E-state index >= 15 is 0 Å². The maximum Gasteiger partial charge on any atom is 0.300 e. The molecule has 1 aromatic carbocycles. The Kier molecular flexibility index (Phi) is 3.62. The van der Waals surface area contributed by atoms with Gasteiger partial charge in [0.15, 0.2) is 11.9 Å². The molecular weight excluding hydrogens is 321 g/mol. The largest absolute Gasteiger partial charge is 0.378 e. The number of hydrogen-bond donors (Lipinski definition) is 2. The van der Waals surface area contributed by atoms with Crippen molar-refractivity contribution in [2.45, 2.75) is 31.3 Å². The number of fused-ring (bicyclic) bond motifs is 1. The second-order valence-electron chi connectivity index (χ2n) is 6.40. The van der Waals surface area contributed by atoms with Gasteiger partial charge in [0.2, 0.25) is 5.84 Å². The maximum atomic E-state index is 13.4. The molecule has 0 saturated heterocycles. The Hall–Kier alpha value is -2.66. The molecule has 1 aliphatic carbocycles. The lowest BCUT2D eigenvalue weighted by molar-refractivity contribution is -0.803. The second-order valence-corrected chi connectivity index (χ2v) is 6.40. The third-order valence-electron chi connectivity index (χ3n) is 4.42. The van der Waals surface area contributed by atoms with E-state index in [1.54, 1.807) is 18.3 Å². The molecule has 0 bridgehead atoms. The van der Waals surface area contributed by atoms with Gasteiger partial charge in [0, 0.05) is 5.56 Å². The third kappa shape index (κ3) is 3.03. The van der Waals surface area contributed by atoms with Crippen molar-refractivity contribution in [3.63, 3.8) is 0 Å². The Bertz CT molecular complexity index is 915. The number of amidine groups is 2. The molecule has 1 fully saturated rings. The first-order chi connectivity index (χ1) is 12.0. The van der Waals surface area contributed by atoms with Crippen molar-refractivity contribution < 1.29 is 14.2 Å².